The van der Waals surface area contributed by atoms with Gasteiger partial charge in [0, 0.05) is 24.9 Å². The van der Waals surface area contributed by atoms with E-state index in [4.69, 9.17) is 11.6 Å². The largest absolute Gasteiger partial charge is 0.339 e. The Kier molecular flexibility index (Phi) is 8.73. The topological polar surface area (TPSA) is 20.3 Å². The summed E-state index contributed by atoms with van der Waals surface area (Å²) in [5, 5.41) is 0. The summed E-state index contributed by atoms with van der Waals surface area (Å²) >= 11 is 5.63. The molecule has 0 fully saturated rings. The van der Waals surface area contributed by atoms with Gasteiger partial charge in [0.1, 0.15) is 0 Å². The van der Waals surface area contributed by atoms with Gasteiger partial charge in [-0.15, -0.1) is 11.6 Å². The Morgan fingerprint density at radius 3 is 2.19 bits per heavy atom. The average Bonchev–Trinajstić information content (AvgIpc) is 2.25. The Labute approximate surface area is 105 Å². The van der Waals surface area contributed by atoms with Crippen LogP contribution in [0, 0.1) is 5.92 Å². The number of hydrogen-bond donors (Lipinski definition) is 0. The molecule has 16 heavy (non-hydrogen) atoms. The van der Waals surface area contributed by atoms with Crippen molar-refractivity contribution in [1.29, 1.82) is 0 Å². The van der Waals surface area contributed by atoms with Crippen LogP contribution in [0.5, 0.6) is 0 Å². The first-order valence-corrected chi connectivity index (χ1v) is 6.95. The van der Waals surface area contributed by atoms with Crippen LogP contribution in [-0.4, -0.2) is 29.3 Å². The van der Waals surface area contributed by atoms with Crippen molar-refractivity contribution in [2.24, 2.45) is 5.92 Å². The summed E-state index contributed by atoms with van der Waals surface area (Å²) in [5.74, 6) is 1.37. The summed E-state index contributed by atoms with van der Waals surface area (Å²) in [6.45, 7) is 9.48. The molecule has 0 saturated heterocycles. The molecule has 0 rings (SSSR count). The fourth-order valence-electron chi connectivity index (χ4n) is 1.94. The van der Waals surface area contributed by atoms with Crippen molar-refractivity contribution in [3.8, 4) is 0 Å². The molecule has 0 aliphatic heterocycles. The minimum Gasteiger partial charge on any atom is -0.339 e. The lowest BCUT2D eigenvalue weighted by Crippen LogP contribution is -2.42. The molecule has 96 valence electrons. The van der Waals surface area contributed by atoms with Crippen molar-refractivity contribution in [2.45, 2.75) is 59.4 Å². The molecule has 0 saturated carbocycles. The van der Waals surface area contributed by atoms with E-state index >= 15 is 0 Å². The number of alkyl halides is 1. The maximum absolute atomic E-state index is 12.1. The van der Waals surface area contributed by atoms with E-state index < -0.39 is 0 Å². The molecular formula is C13H26ClNO. The molecule has 2 nitrogen and oxygen atoms in total. The summed E-state index contributed by atoms with van der Waals surface area (Å²) in [7, 11) is 0. The van der Waals surface area contributed by atoms with Crippen molar-refractivity contribution in [1.82, 2.24) is 4.90 Å². The van der Waals surface area contributed by atoms with E-state index in [1.165, 1.54) is 0 Å². The van der Waals surface area contributed by atoms with Gasteiger partial charge in [-0.2, -0.15) is 0 Å². The number of carbonyl (C=O) groups excluding carboxylic acids is 1. The molecule has 1 amide bonds. The first kappa shape index (κ1) is 15.8. The Morgan fingerprint density at radius 1 is 1.25 bits per heavy atom. The Balaban J connectivity index is 4.44. The highest BCUT2D eigenvalue weighted by atomic mass is 35.5. The molecule has 0 radical (unpaired) electrons. The molecule has 0 atom stereocenters. The number of nitrogens with zero attached hydrogens (tertiary/aromatic N) is 1. The standard InChI is InChI=1S/C13H26ClNO/c1-5-12(6-2)15(10-11(3)4)13(16)8-7-9-14/h11-12H,5-10H2,1-4H3. The van der Waals surface area contributed by atoms with Crippen molar-refractivity contribution in [3.05, 3.63) is 0 Å². The zero-order valence-electron chi connectivity index (χ0n) is 11.1. The maximum atomic E-state index is 12.1. The van der Waals surface area contributed by atoms with Gasteiger partial charge in [-0.3, -0.25) is 4.79 Å². The van der Waals surface area contributed by atoms with Crippen molar-refractivity contribution in [3.63, 3.8) is 0 Å². The highest BCUT2D eigenvalue weighted by Crippen LogP contribution is 2.14. The van der Waals surface area contributed by atoms with E-state index in [-0.39, 0.29) is 5.91 Å². The molecule has 0 bridgehead atoms. The molecular weight excluding hydrogens is 222 g/mol. The smallest absolute Gasteiger partial charge is 0.222 e. The highest BCUT2D eigenvalue weighted by Gasteiger charge is 2.21. The van der Waals surface area contributed by atoms with Crippen LogP contribution in [0.2, 0.25) is 0 Å². The van der Waals surface area contributed by atoms with E-state index in [0.29, 0.717) is 24.3 Å². The first-order valence-electron chi connectivity index (χ1n) is 6.42. The van der Waals surface area contributed by atoms with Crippen LogP contribution >= 0.6 is 11.6 Å². The van der Waals surface area contributed by atoms with Crippen LogP contribution in [0.3, 0.4) is 0 Å². The van der Waals surface area contributed by atoms with E-state index in [0.717, 1.165) is 25.8 Å². The van der Waals surface area contributed by atoms with Gasteiger partial charge in [-0.25, -0.2) is 0 Å². The van der Waals surface area contributed by atoms with Crippen LogP contribution in [0.4, 0.5) is 0 Å². The van der Waals surface area contributed by atoms with Crippen molar-refractivity contribution >= 4 is 17.5 Å². The summed E-state index contributed by atoms with van der Waals surface area (Å²) in [6.07, 6.45) is 3.45. The van der Waals surface area contributed by atoms with Gasteiger partial charge >= 0.3 is 0 Å². The average molecular weight is 248 g/mol. The molecule has 0 aliphatic carbocycles. The van der Waals surface area contributed by atoms with E-state index in [2.05, 4.69) is 32.6 Å². The van der Waals surface area contributed by atoms with Gasteiger partial charge < -0.3 is 4.90 Å². The lowest BCUT2D eigenvalue weighted by Gasteiger charge is -2.32. The number of halogens is 1. The summed E-state index contributed by atoms with van der Waals surface area (Å²) < 4.78 is 0. The first-order chi connectivity index (χ1) is 7.56. The fourth-order valence-corrected chi connectivity index (χ4v) is 2.07. The minimum absolute atomic E-state index is 0.267. The molecule has 0 spiro atoms. The SMILES string of the molecule is CCC(CC)N(CC(C)C)C(=O)CCCCl. The van der Waals surface area contributed by atoms with Crippen LogP contribution in [-0.2, 0) is 4.79 Å². The summed E-state index contributed by atoms with van der Waals surface area (Å²) in [4.78, 5) is 14.1. The molecule has 0 aromatic heterocycles. The van der Waals surface area contributed by atoms with E-state index in [9.17, 15) is 4.79 Å². The van der Waals surface area contributed by atoms with Gasteiger partial charge in [-0.1, -0.05) is 27.7 Å². The second-order valence-corrected chi connectivity index (χ2v) is 5.08. The fraction of sp³-hybridized carbons (Fsp3) is 0.923. The third-order valence-electron chi connectivity index (χ3n) is 2.79. The Morgan fingerprint density at radius 2 is 1.81 bits per heavy atom. The van der Waals surface area contributed by atoms with Gasteiger partial charge in [0.05, 0.1) is 0 Å². The summed E-state index contributed by atoms with van der Waals surface area (Å²) in [6, 6.07) is 0.394. The zero-order valence-corrected chi connectivity index (χ0v) is 11.9. The zero-order chi connectivity index (χ0) is 12.6. The predicted octanol–water partition coefficient (Wildman–Crippen LogP) is 3.68. The minimum atomic E-state index is 0.267. The van der Waals surface area contributed by atoms with E-state index in [1.807, 2.05) is 0 Å². The number of hydrogen-bond acceptors (Lipinski definition) is 1. The van der Waals surface area contributed by atoms with Crippen LogP contribution in [0.25, 0.3) is 0 Å². The van der Waals surface area contributed by atoms with Crippen LogP contribution in [0.1, 0.15) is 53.4 Å². The third kappa shape index (κ3) is 5.74. The Bertz CT molecular complexity index is 190. The lowest BCUT2D eigenvalue weighted by molar-refractivity contribution is -0.134. The van der Waals surface area contributed by atoms with E-state index in [1.54, 1.807) is 0 Å². The Hall–Kier alpha value is -0.240. The number of amides is 1. The molecule has 0 N–H and O–H groups in total. The van der Waals surface area contributed by atoms with Crippen LogP contribution in [0.15, 0.2) is 0 Å². The molecule has 3 heteroatoms. The van der Waals surface area contributed by atoms with Gasteiger partial charge in [0.25, 0.3) is 0 Å². The van der Waals surface area contributed by atoms with Crippen molar-refractivity contribution in [2.75, 3.05) is 12.4 Å². The molecule has 0 aliphatic rings. The summed E-state index contributed by atoms with van der Waals surface area (Å²) in [5.41, 5.74) is 0. The predicted molar refractivity (Wildman–Crippen MR) is 70.9 cm³/mol. The van der Waals surface area contributed by atoms with Gasteiger partial charge in [-0.05, 0) is 25.2 Å². The molecule has 0 aromatic rings. The third-order valence-corrected chi connectivity index (χ3v) is 3.06. The maximum Gasteiger partial charge on any atom is 0.222 e. The quantitative estimate of drug-likeness (QED) is 0.600. The molecule has 0 unspecified atom stereocenters. The van der Waals surface area contributed by atoms with Crippen LogP contribution < -0.4 is 0 Å². The normalized spacial score (nSPS) is 11.2. The second kappa shape index (κ2) is 8.86. The monoisotopic (exact) mass is 247 g/mol. The molecule has 0 heterocycles. The van der Waals surface area contributed by atoms with Gasteiger partial charge in [0.2, 0.25) is 5.91 Å². The number of rotatable bonds is 8. The highest BCUT2D eigenvalue weighted by molar-refractivity contribution is 6.17. The van der Waals surface area contributed by atoms with Gasteiger partial charge in [0.15, 0.2) is 0 Å². The molecule has 0 aromatic carbocycles. The second-order valence-electron chi connectivity index (χ2n) is 4.70. The number of carbonyl (C=O) groups is 1. The van der Waals surface area contributed by atoms with Crippen molar-refractivity contribution < 1.29 is 4.79 Å². The lowest BCUT2D eigenvalue weighted by atomic mass is 10.1.